The Morgan fingerprint density at radius 1 is 1.48 bits per heavy atom. The zero-order valence-electron chi connectivity index (χ0n) is 12.0. The number of hydrogen-bond acceptors (Lipinski definition) is 9. The van der Waals surface area contributed by atoms with E-state index in [0.29, 0.717) is 0 Å². The number of nitrogens with zero attached hydrogens (tertiary/aromatic N) is 1. The average Bonchev–Trinajstić information content (AvgIpc) is 2.87. The number of esters is 2. The summed E-state index contributed by atoms with van der Waals surface area (Å²) in [4.78, 5) is 35.3. The molecule has 1 aliphatic rings. The zero-order valence-corrected chi connectivity index (χ0v) is 12.0. The minimum Gasteiger partial charge on any atom is -0.464 e. The maximum atomic E-state index is 11.9. The van der Waals surface area contributed by atoms with Crippen molar-refractivity contribution in [1.29, 1.82) is 0 Å². The van der Waals surface area contributed by atoms with Gasteiger partial charge in [-0.1, -0.05) is 0 Å². The minimum atomic E-state index is -2.46. The fourth-order valence-corrected chi connectivity index (χ4v) is 2.41. The molecule has 0 fully saturated rings. The summed E-state index contributed by atoms with van der Waals surface area (Å²) in [6.45, 7) is 1.41. The van der Waals surface area contributed by atoms with Gasteiger partial charge in [0, 0.05) is 5.56 Å². The highest BCUT2D eigenvalue weighted by Gasteiger charge is 2.47. The van der Waals surface area contributed by atoms with E-state index in [-0.39, 0.29) is 22.5 Å². The monoisotopic (exact) mass is 330 g/mol. The highest BCUT2D eigenvalue weighted by atomic mass is 16.7. The van der Waals surface area contributed by atoms with Crippen molar-refractivity contribution in [2.24, 2.45) is 0 Å². The number of hydrogen-bond donors (Lipinski definition) is 4. The van der Waals surface area contributed by atoms with E-state index < -0.39 is 41.4 Å². The van der Waals surface area contributed by atoms with E-state index in [1.54, 1.807) is 0 Å². The lowest BCUT2D eigenvalue weighted by atomic mass is 9.93. The van der Waals surface area contributed by atoms with Crippen LogP contribution in [0.4, 0.5) is 0 Å². The third kappa shape index (κ3) is 2.65. The smallest absolute Gasteiger partial charge is 0.355 e. The summed E-state index contributed by atoms with van der Waals surface area (Å²) in [5.41, 5.74) is -0.210. The van der Waals surface area contributed by atoms with Crippen molar-refractivity contribution in [3.05, 3.63) is 32.6 Å². The first kappa shape index (κ1) is 16.9. The van der Waals surface area contributed by atoms with Crippen LogP contribution in [0.3, 0.4) is 0 Å². The topological polar surface area (TPSA) is 172 Å². The molecule has 2 heterocycles. The molecule has 4 atom stereocenters. The predicted octanol–water partition coefficient (Wildman–Crippen LogP) is -1.36. The number of nitro groups is 1. The van der Waals surface area contributed by atoms with Gasteiger partial charge in [0.2, 0.25) is 0 Å². The van der Waals surface area contributed by atoms with E-state index in [2.05, 4.69) is 9.72 Å². The van der Waals surface area contributed by atoms with Crippen molar-refractivity contribution in [2.45, 2.75) is 31.5 Å². The van der Waals surface area contributed by atoms with Crippen LogP contribution in [-0.4, -0.2) is 62.7 Å². The predicted molar refractivity (Wildman–Crippen MR) is 70.0 cm³/mol. The molecule has 11 heteroatoms. The molecule has 0 bridgehead atoms. The summed E-state index contributed by atoms with van der Waals surface area (Å²) in [7, 11) is 1.12. The molecule has 4 N–H and O–H groups in total. The molecule has 1 aromatic heterocycles. The Labute approximate surface area is 128 Å². The summed E-state index contributed by atoms with van der Waals surface area (Å²) in [5.74, 6) is -1.83. The Bertz CT molecular complexity index is 668. The summed E-state index contributed by atoms with van der Waals surface area (Å²) in [6, 6.07) is 0. The van der Waals surface area contributed by atoms with Crippen LogP contribution in [0.15, 0.2) is 0 Å². The molecular weight excluding hydrogens is 316 g/mol. The number of methoxy groups -OCH3 is 1. The van der Waals surface area contributed by atoms with Crippen LogP contribution in [0.1, 0.15) is 38.2 Å². The van der Waals surface area contributed by atoms with Crippen LogP contribution in [-0.2, 0) is 9.47 Å². The van der Waals surface area contributed by atoms with E-state index in [9.17, 15) is 35.0 Å². The second-order valence-corrected chi connectivity index (χ2v) is 4.91. The molecule has 0 saturated carbocycles. The molecule has 0 aliphatic carbocycles. The van der Waals surface area contributed by atoms with Crippen LogP contribution in [0.5, 0.6) is 0 Å². The van der Waals surface area contributed by atoms with E-state index in [1.807, 2.05) is 0 Å². The number of carbonyl (C=O) groups is 2. The first-order chi connectivity index (χ1) is 10.7. The molecule has 0 spiro atoms. The number of aliphatic hydroxyl groups excluding tert-OH is 3. The van der Waals surface area contributed by atoms with Gasteiger partial charge in [0.1, 0.15) is 17.5 Å². The highest BCUT2D eigenvalue weighted by Crippen LogP contribution is 2.35. The van der Waals surface area contributed by atoms with E-state index in [1.165, 1.54) is 6.92 Å². The van der Waals surface area contributed by atoms with Gasteiger partial charge in [-0.3, -0.25) is 10.1 Å². The highest BCUT2D eigenvalue weighted by molar-refractivity contribution is 5.96. The molecule has 2 rings (SSSR count). The van der Waals surface area contributed by atoms with Crippen LogP contribution >= 0.6 is 0 Å². The molecule has 23 heavy (non-hydrogen) atoms. The number of nitrogens with one attached hydrogen (secondary N) is 1. The first-order valence-electron chi connectivity index (χ1n) is 6.40. The van der Waals surface area contributed by atoms with Crippen LogP contribution in [0.2, 0.25) is 0 Å². The fraction of sp³-hybridized carbons (Fsp3) is 0.500. The van der Waals surface area contributed by atoms with Crippen molar-refractivity contribution in [3.8, 4) is 0 Å². The molecule has 0 radical (unpaired) electrons. The Morgan fingerprint density at radius 3 is 2.61 bits per heavy atom. The maximum Gasteiger partial charge on any atom is 0.355 e. The SMILES string of the molecule is COC(=O)c1[nH]c2c(c1C)C(O)C(C(O)C(O)[N+](=O)[O-])OC2=O. The molecule has 4 unspecified atom stereocenters. The summed E-state index contributed by atoms with van der Waals surface area (Å²) >= 11 is 0. The largest absolute Gasteiger partial charge is 0.464 e. The summed E-state index contributed by atoms with van der Waals surface area (Å²) < 4.78 is 9.28. The van der Waals surface area contributed by atoms with Crippen LogP contribution in [0, 0.1) is 17.0 Å². The van der Waals surface area contributed by atoms with Gasteiger partial charge in [-0.2, -0.15) is 0 Å². The Morgan fingerprint density at radius 2 is 2.09 bits per heavy atom. The number of aromatic amines is 1. The van der Waals surface area contributed by atoms with Gasteiger partial charge < -0.3 is 29.8 Å². The second-order valence-electron chi connectivity index (χ2n) is 4.91. The zero-order chi connectivity index (χ0) is 17.5. The Hall–Kier alpha value is -2.50. The number of fused-ring (bicyclic) bond motifs is 1. The third-order valence-electron chi connectivity index (χ3n) is 3.60. The first-order valence-corrected chi connectivity index (χ1v) is 6.40. The summed E-state index contributed by atoms with van der Waals surface area (Å²) in [5, 5.41) is 39.8. The number of ether oxygens (including phenoxy) is 2. The second kappa shape index (κ2) is 5.95. The standard InChI is InChI=1S/C12H14N2O9/c1-3-4-6(13-5(3)11(18)22-2)12(19)23-9(7(4)15)8(16)10(17)14(20)21/h7-10,13,15-17H,1-2H3. The van der Waals surface area contributed by atoms with E-state index in [0.717, 1.165) is 7.11 Å². The number of carbonyl (C=O) groups excluding carboxylic acids is 2. The number of aromatic nitrogens is 1. The lowest BCUT2D eigenvalue weighted by molar-refractivity contribution is -0.585. The van der Waals surface area contributed by atoms with E-state index >= 15 is 0 Å². The normalized spacial score (nSPS) is 22.7. The molecule has 1 aliphatic heterocycles. The molecule has 0 amide bonds. The lowest BCUT2D eigenvalue weighted by Gasteiger charge is -2.31. The Balaban J connectivity index is 2.45. The van der Waals surface area contributed by atoms with Gasteiger partial charge in [0.05, 0.1) is 12.0 Å². The third-order valence-corrected chi connectivity index (χ3v) is 3.60. The number of rotatable bonds is 4. The van der Waals surface area contributed by atoms with E-state index in [4.69, 9.17) is 4.74 Å². The quantitative estimate of drug-likeness (QED) is 0.225. The lowest BCUT2D eigenvalue weighted by Crippen LogP contribution is -2.49. The van der Waals surface area contributed by atoms with Gasteiger partial charge in [0.15, 0.2) is 12.2 Å². The number of H-pyrrole nitrogens is 1. The molecule has 0 aromatic carbocycles. The molecule has 11 nitrogen and oxygen atoms in total. The Kier molecular flexibility index (Phi) is 4.36. The van der Waals surface area contributed by atoms with Gasteiger partial charge in [-0.05, 0) is 12.5 Å². The van der Waals surface area contributed by atoms with Gasteiger partial charge in [-0.15, -0.1) is 0 Å². The molecule has 0 saturated heterocycles. The molecule has 126 valence electrons. The fourth-order valence-electron chi connectivity index (χ4n) is 2.41. The minimum absolute atomic E-state index is 0.0544. The van der Waals surface area contributed by atoms with Gasteiger partial charge in [-0.25, -0.2) is 9.59 Å². The number of aliphatic hydroxyl groups is 3. The number of cyclic esters (lactones) is 1. The van der Waals surface area contributed by atoms with Crippen molar-refractivity contribution < 1.29 is 39.3 Å². The van der Waals surface area contributed by atoms with Crippen LogP contribution < -0.4 is 0 Å². The maximum absolute atomic E-state index is 11.9. The van der Waals surface area contributed by atoms with Gasteiger partial charge in [0.25, 0.3) is 0 Å². The van der Waals surface area contributed by atoms with Crippen molar-refractivity contribution >= 4 is 11.9 Å². The van der Waals surface area contributed by atoms with Crippen molar-refractivity contribution in [1.82, 2.24) is 4.98 Å². The molecular formula is C12H14N2O9. The van der Waals surface area contributed by atoms with Crippen molar-refractivity contribution in [2.75, 3.05) is 7.11 Å². The average molecular weight is 330 g/mol. The molecule has 1 aromatic rings. The van der Waals surface area contributed by atoms with Crippen molar-refractivity contribution in [3.63, 3.8) is 0 Å². The van der Waals surface area contributed by atoms with Gasteiger partial charge >= 0.3 is 18.2 Å². The summed E-state index contributed by atoms with van der Waals surface area (Å²) in [6.07, 6.45) is -8.06. The van der Waals surface area contributed by atoms with Crippen LogP contribution in [0.25, 0.3) is 0 Å².